The van der Waals surface area contributed by atoms with Gasteiger partial charge in [-0.15, -0.1) is 0 Å². The van der Waals surface area contributed by atoms with Crippen LogP contribution in [0.25, 0.3) is 0 Å². The number of carboxylic acids is 1. The lowest BCUT2D eigenvalue weighted by atomic mass is 10.1. The Labute approximate surface area is 125 Å². The summed E-state index contributed by atoms with van der Waals surface area (Å²) in [6.45, 7) is 4.15. The van der Waals surface area contributed by atoms with Gasteiger partial charge in [0.15, 0.2) is 0 Å². The third-order valence-corrected chi connectivity index (χ3v) is 4.30. The van der Waals surface area contributed by atoms with Crippen molar-refractivity contribution in [2.45, 2.75) is 25.5 Å². The Balaban J connectivity index is 1.62. The largest absolute Gasteiger partial charge is 0.481 e. The molecule has 2 aliphatic heterocycles. The van der Waals surface area contributed by atoms with Crippen LogP contribution in [0.3, 0.4) is 0 Å². The van der Waals surface area contributed by atoms with Crippen molar-refractivity contribution in [3.8, 4) is 0 Å². The Morgan fingerprint density at radius 1 is 1.43 bits per heavy atom. The van der Waals surface area contributed by atoms with E-state index in [0.29, 0.717) is 13.2 Å². The molecule has 1 aromatic rings. The number of morpholine rings is 1. The fourth-order valence-corrected chi connectivity index (χ4v) is 3.22. The molecule has 0 radical (unpaired) electrons. The summed E-state index contributed by atoms with van der Waals surface area (Å²) in [7, 11) is 2.13. The third kappa shape index (κ3) is 3.36. The zero-order valence-electron chi connectivity index (χ0n) is 12.4. The van der Waals surface area contributed by atoms with E-state index in [1.807, 2.05) is 0 Å². The number of ether oxygens (including phenoxy) is 1. The van der Waals surface area contributed by atoms with E-state index in [-0.39, 0.29) is 12.5 Å². The Morgan fingerprint density at radius 3 is 3.10 bits per heavy atom. The third-order valence-electron chi connectivity index (χ3n) is 4.30. The molecule has 1 aromatic carbocycles. The molecule has 0 saturated carbocycles. The maximum atomic E-state index is 10.8. The van der Waals surface area contributed by atoms with Gasteiger partial charge in [0.2, 0.25) is 0 Å². The Hall–Kier alpha value is -1.59. The van der Waals surface area contributed by atoms with Crippen LogP contribution in [0.4, 0.5) is 5.69 Å². The molecule has 1 fully saturated rings. The number of aliphatic carboxylic acids is 1. The molecule has 2 aliphatic rings. The minimum absolute atomic E-state index is 0.0888. The van der Waals surface area contributed by atoms with E-state index in [2.05, 4.69) is 35.0 Å². The van der Waals surface area contributed by atoms with Gasteiger partial charge < -0.3 is 14.7 Å². The number of likely N-dealkylation sites (N-methyl/N-ethyl adjacent to an activating group) is 1. The minimum atomic E-state index is -0.789. The standard InChI is InChI=1S/C16H22N2O3/c1-17-5-4-13-8-12(2-3-15(13)17)10-18-6-7-21-14(11-18)9-16(19)20/h2-3,8,14H,4-7,9-11H2,1H3,(H,19,20). The van der Waals surface area contributed by atoms with Gasteiger partial charge in [0.25, 0.3) is 0 Å². The van der Waals surface area contributed by atoms with Gasteiger partial charge in [-0.2, -0.15) is 0 Å². The second-order valence-corrected chi connectivity index (χ2v) is 5.96. The molecule has 0 aromatic heterocycles. The predicted molar refractivity (Wildman–Crippen MR) is 80.7 cm³/mol. The van der Waals surface area contributed by atoms with Gasteiger partial charge in [0.05, 0.1) is 19.1 Å². The molecule has 0 spiro atoms. The predicted octanol–water partition coefficient (Wildman–Crippen LogP) is 1.35. The van der Waals surface area contributed by atoms with Crippen LogP contribution < -0.4 is 4.90 Å². The molecule has 1 N–H and O–H groups in total. The molecule has 1 atom stereocenters. The lowest BCUT2D eigenvalue weighted by Gasteiger charge is -2.32. The molecule has 0 aliphatic carbocycles. The average Bonchev–Trinajstić information content (AvgIpc) is 2.80. The van der Waals surface area contributed by atoms with Crippen LogP contribution in [0.15, 0.2) is 18.2 Å². The van der Waals surface area contributed by atoms with E-state index in [9.17, 15) is 4.79 Å². The first-order chi connectivity index (χ1) is 10.1. The number of carbonyl (C=O) groups is 1. The lowest BCUT2D eigenvalue weighted by molar-refractivity contribution is -0.142. The number of nitrogens with zero attached hydrogens (tertiary/aromatic N) is 2. The first-order valence-corrected chi connectivity index (χ1v) is 7.50. The quantitative estimate of drug-likeness (QED) is 0.907. The first-order valence-electron chi connectivity index (χ1n) is 7.50. The fraction of sp³-hybridized carbons (Fsp3) is 0.562. The molecule has 0 amide bonds. The molecule has 2 heterocycles. The van der Waals surface area contributed by atoms with Crippen molar-refractivity contribution >= 4 is 11.7 Å². The van der Waals surface area contributed by atoms with E-state index in [1.165, 1.54) is 16.8 Å². The summed E-state index contributed by atoms with van der Waals surface area (Å²) < 4.78 is 5.52. The molecule has 0 bridgehead atoms. The first kappa shape index (κ1) is 14.4. The summed E-state index contributed by atoms with van der Waals surface area (Å²) >= 11 is 0. The molecule has 114 valence electrons. The van der Waals surface area contributed by atoms with Crippen molar-refractivity contribution in [3.05, 3.63) is 29.3 Å². The summed E-state index contributed by atoms with van der Waals surface area (Å²) in [5.74, 6) is -0.789. The van der Waals surface area contributed by atoms with Crippen molar-refractivity contribution in [3.63, 3.8) is 0 Å². The number of fused-ring (bicyclic) bond motifs is 1. The Morgan fingerprint density at radius 2 is 2.29 bits per heavy atom. The van der Waals surface area contributed by atoms with Gasteiger partial charge >= 0.3 is 5.97 Å². The summed E-state index contributed by atoms with van der Waals surface area (Å²) in [5, 5.41) is 8.87. The van der Waals surface area contributed by atoms with Crippen molar-refractivity contribution < 1.29 is 14.6 Å². The van der Waals surface area contributed by atoms with Gasteiger partial charge in [-0.05, 0) is 23.6 Å². The van der Waals surface area contributed by atoms with Gasteiger partial charge in [0.1, 0.15) is 0 Å². The highest BCUT2D eigenvalue weighted by molar-refractivity contribution is 5.67. The molecule has 5 heteroatoms. The number of hydrogen-bond donors (Lipinski definition) is 1. The second-order valence-electron chi connectivity index (χ2n) is 5.96. The zero-order chi connectivity index (χ0) is 14.8. The number of anilines is 1. The number of hydrogen-bond acceptors (Lipinski definition) is 4. The van der Waals surface area contributed by atoms with E-state index < -0.39 is 5.97 Å². The second kappa shape index (κ2) is 6.03. The highest BCUT2D eigenvalue weighted by Crippen LogP contribution is 2.28. The van der Waals surface area contributed by atoms with Crippen LogP contribution in [0, 0.1) is 0 Å². The molecular weight excluding hydrogens is 268 g/mol. The normalized spacial score (nSPS) is 22.3. The molecule has 21 heavy (non-hydrogen) atoms. The minimum Gasteiger partial charge on any atom is -0.481 e. The van der Waals surface area contributed by atoms with Crippen molar-refractivity contribution in [2.24, 2.45) is 0 Å². The van der Waals surface area contributed by atoms with E-state index in [0.717, 1.165) is 26.1 Å². The summed E-state index contributed by atoms with van der Waals surface area (Å²) in [6.07, 6.45) is 1.02. The lowest BCUT2D eigenvalue weighted by Crippen LogP contribution is -2.42. The van der Waals surface area contributed by atoms with Crippen LogP contribution in [0.2, 0.25) is 0 Å². The SMILES string of the molecule is CN1CCc2cc(CN3CCOC(CC(=O)O)C3)ccc21. The van der Waals surface area contributed by atoms with Gasteiger partial charge in [-0.3, -0.25) is 9.69 Å². The summed E-state index contributed by atoms with van der Waals surface area (Å²) in [4.78, 5) is 15.4. The van der Waals surface area contributed by atoms with Crippen molar-refractivity contribution in [1.82, 2.24) is 4.90 Å². The average molecular weight is 290 g/mol. The number of rotatable bonds is 4. The van der Waals surface area contributed by atoms with Crippen LogP contribution in [-0.4, -0.2) is 55.4 Å². The zero-order valence-corrected chi connectivity index (χ0v) is 12.4. The number of carboxylic acid groups (broad SMARTS) is 1. The van der Waals surface area contributed by atoms with Crippen LogP contribution in [0.5, 0.6) is 0 Å². The van der Waals surface area contributed by atoms with E-state index >= 15 is 0 Å². The highest BCUT2D eigenvalue weighted by atomic mass is 16.5. The van der Waals surface area contributed by atoms with E-state index in [4.69, 9.17) is 9.84 Å². The Bertz CT molecular complexity index is 532. The highest BCUT2D eigenvalue weighted by Gasteiger charge is 2.23. The van der Waals surface area contributed by atoms with Gasteiger partial charge in [-0.1, -0.05) is 12.1 Å². The van der Waals surface area contributed by atoms with Gasteiger partial charge in [0, 0.05) is 38.9 Å². The summed E-state index contributed by atoms with van der Waals surface area (Å²) in [5.41, 5.74) is 4.06. The molecular formula is C16H22N2O3. The molecule has 5 nitrogen and oxygen atoms in total. The molecule has 3 rings (SSSR count). The Kier molecular flexibility index (Phi) is 4.12. The van der Waals surface area contributed by atoms with E-state index in [1.54, 1.807) is 0 Å². The van der Waals surface area contributed by atoms with Crippen LogP contribution in [0.1, 0.15) is 17.5 Å². The molecule has 1 unspecified atom stereocenters. The smallest absolute Gasteiger partial charge is 0.306 e. The molecule has 1 saturated heterocycles. The topological polar surface area (TPSA) is 53.0 Å². The summed E-state index contributed by atoms with van der Waals surface area (Å²) in [6, 6.07) is 6.68. The fourth-order valence-electron chi connectivity index (χ4n) is 3.22. The number of benzene rings is 1. The van der Waals surface area contributed by atoms with Crippen molar-refractivity contribution in [1.29, 1.82) is 0 Å². The van der Waals surface area contributed by atoms with Crippen molar-refractivity contribution in [2.75, 3.05) is 38.2 Å². The maximum Gasteiger partial charge on any atom is 0.306 e. The maximum absolute atomic E-state index is 10.8. The van der Waals surface area contributed by atoms with Gasteiger partial charge in [-0.25, -0.2) is 0 Å². The van der Waals surface area contributed by atoms with Crippen LogP contribution >= 0.6 is 0 Å². The monoisotopic (exact) mass is 290 g/mol. The van der Waals surface area contributed by atoms with Crippen LogP contribution in [-0.2, 0) is 22.5 Å².